The summed E-state index contributed by atoms with van der Waals surface area (Å²) in [7, 11) is 0. The van der Waals surface area contributed by atoms with Crippen LogP contribution in [0.5, 0.6) is 11.8 Å². The predicted molar refractivity (Wildman–Crippen MR) is 164 cm³/mol. The van der Waals surface area contributed by atoms with Gasteiger partial charge in [-0.1, -0.05) is 76.9 Å². The molecule has 0 saturated heterocycles. The van der Waals surface area contributed by atoms with Crippen LogP contribution >= 0.6 is 0 Å². The number of fused-ring (bicyclic) bond motifs is 2. The Bertz CT molecular complexity index is 1490. The van der Waals surface area contributed by atoms with E-state index >= 15 is 0 Å². The first kappa shape index (κ1) is 30.6. The molecule has 0 atom stereocenters. The Hall–Kier alpha value is -4.34. The number of aromatic hydroxyl groups is 2. The monoisotopic (exact) mass is 572 g/mol. The summed E-state index contributed by atoms with van der Waals surface area (Å²) >= 11 is 0. The van der Waals surface area contributed by atoms with E-state index in [0.717, 1.165) is 34.6 Å². The van der Waals surface area contributed by atoms with Crippen molar-refractivity contribution in [3.8, 4) is 11.8 Å². The molecule has 222 valence electrons. The predicted octanol–water partition coefficient (Wildman–Crippen LogP) is 8.58. The highest BCUT2D eigenvalue weighted by molar-refractivity contribution is 5.96. The summed E-state index contributed by atoms with van der Waals surface area (Å²) in [5.41, 5.74) is 2.33. The highest BCUT2D eigenvalue weighted by Crippen LogP contribution is 2.40. The van der Waals surface area contributed by atoms with Gasteiger partial charge in [0.15, 0.2) is 11.4 Å². The maximum absolute atomic E-state index is 12.3. The van der Waals surface area contributed by atoms with Crippen LogP contribution in [0.3, 0.4) is 0 Å². The lowest BCUT2D eigenvalue weighted by Crippen LogP contribution is -2.03. The van der Waals surface area contributed by atoms with Gasteiger partial charge in [0.05, 0.1) is 11.0 Å². The molecule has 0 saturated carbocycles. The Morgan fingerprint density at radius 1 is 0.643 bits per heavy atom. The second-order valence-corrected chi connectivity index (χ2v) is 11.5. The Labute approximate surface area is 245 Å². The van der Waals surface area contributed by atoms with Crippen LogP contribution in [-0.4, -0.2) is 31.2 Å². The average Bonchev–Trinajstić information content (AvgIpc) is 3.37. The minimum Gasteiger partial charge on any atom is -0.493 e. The molecular weight excluding hydrogens is 532 g/mol. The number of benzene rings is 2. The number of carbonyl (C=O) groups excluding carboxylic acids is 2. The molecule has 2 aromatic carbocycles. The van der Waals surface area contributed by atoms with Crippen molar-refractivity contribution >= 4 is 45.0 Å². The number of rotatable bonds is 13. The maximum Gasteiger partial charge on any atom is 0.264 e. The quantitative estimate of drug-likeness (QED) is 0.122. The van der Waals surface area contributed by atoms with Gasteiger partial charge in [-0.2, -0.15) is 0 Å². The van der Waals surface area contributed by atoms with Crippen LogP contribution in [0.15, 0.2) is 69.0 Å². The van der Waals surface area contributed by atoms with Crippen molar-refractivity contribution in [3.63, 3.8) is 0 Å². The van der Waals surface area contributed by atoms with Crippen LogP contribution < -0.4 is 0 Å². The minimum atomic E-state index is -0.351. The van der Waals surface area contributed by atoms with E-state index in [1.54, 1.807) is 9.13 Å². The van der Waals surface area contributed by atoms with Crippen LogP contribution in [0.2, 0.25) is 0 Å². The van der Waals surface area contributed by atoms with Gasteiger partial charge in [-0.05, 0) is 36.8 Å². The van der Waals surface area contributed by atoms with E-state index in [1.165, 1.54) is 0 Å². The van der Waals surface area contributed by atoms with Crippen LogP contribution in [0.4, 0.5) is 11.4 Å². The first-order valence-corrected chi connectivity index (χ1v) is 14.7. The number of hydrogen-bond donors (Lipinski definition) is 2. The van der Waals surface area contributed by atoms with Gasteiger partial charge in [0.25, 0.3) is 11.8 Å². The van der Waals surface area contributed by atoms with Crippen LogP contribution in [-0.2, 0) is 22.7 Å². The van der Waals surface area contributed by atoms with E-state index in [1.807, 2.05) is 48.5 Å². The molecule has 0 bridgehead atoms. The second-order valence-electron chi connectivity index (χ2n) is 11.5. The molecule has 2 N–H and O–H groups in total. The van der Waals surface area contributed by atoms with Gasteiger partial charge in [0, 0.05) is 36.7 Å². The molecule has 10 nitrogen and oxygen atoms in total. The molecule has 2 amide bonds. The summed E-state index contributed by atoms with van der Waals surface area (Å²) in [4.78, 5) is 24.7. The molecule has 0 aliphatic carbocycles. The Morgan fingerprint density at radius 2 is 1.02 bits per heavy atom. The number of hydrogen-bond acceptors (Lipinski definition) is 6. The molecule has 0 aliphatic heterocycles. The van der Waals surface area contributed by atoms with E-state index in [9.17, 15) is 19.8 Å². The highest BCUT2D eigenvalue weighted by Gasteiger charge is 2.18. The molecule has 0 radical (unpaired) electrons. The minimum absolute atomic E-state index is 0.0137. The summed E-state index contributed by atoms with van der Waals surface area (Å²) in [5.74, 6) is -0.0208. The SMILES string of the molecule is CC(C)Cn1c(O)c(N=NC(=O)CCCCCCC(=O)N=Nc2c(O)n(CC(C)C)c3ccccc23)c2ccccc21. The van der Waals surface area contributed by atoms with Gasteiger partial charge in [0.2, 0.25) is 11.8 Å². The molecule has 10 heteroatoms. The number of nitrogens with zero attached hydrogens (tertiary/aromatic N) is 6. The van der Waals surface area contributed by atoms with Gasteiger partial charge in [-0.15, -0.1) is 20.5 Å². The fraction of sp³-hybridized carbons (Fsp3) is 0.438. The van der Waals surface area contributed by atoms with Crippen LogP contribution in [0, 0.1) is 11.8 Å². The lowest BCUT2D eigenvalue weighted by atomic mass is 10.1. The summed E-state index contributed by atoms with van der Waals surface area (Å²) < 4.78 is 3.60. The molecule has 4 aromatic rings. The van der Waals surface area contributed by atoms with Gasteiger partial charge < -0.3 is 19.3 Å². The Balaban J connectivity index is 1.23. The number of para-hydroxylation sites is 2. The third-order valence-electron chi connectivity index (χ3n) is 6.98. The van der Waals surface area contributed by atoms with E-state index in [0.29, 0.717) is 49.1 Å². The molecule has 42 heavy (non-hydrogen) atoms. The summed E-state index contributed by atoms with van der Waals surface area (Å²) in [5, 5.41) is 38.9. The van der Waals surface area contributed by atoms with Gasteiger partial charge in [-0.3, -0.25) is 9.59 Å². The Morgan fingerprint density at radius 3 is 1.40 bits per heavy atom. The zero-order valence-electron chi connectivity index (χ0n) is 24.8. The second kappa shape index (κ2) is 14.0. The molecule has 2 heterocycles. The van der Waals surface area contributed by atoms with Crippen LogP contribution in [0.1, 0.15) is 66.2 Å². The smallest absolute Gasteiger partial charge is 0.264 e. The van der Waals surface area contributed by atoms with E-state index in [2.05, 4.69) is 48.2 Å². The first-order chi connectivity index (χ1) is 20.2. The summed E-state index contributed by atoms with van der Waals surface area (Å²) in [6.45, 7) is 9.53. The lowest BCUT2D eigenvalue weighted by molar-refractivity contribution is -0.119. The topological polar surface area (TPSA) is 134 Å². The maximum atomic E-state index is 12.3. The number of carbonyl (C=O) groups is 2. The van der Waals surface area contributed by atoms with Crippen LogP contribution in [0.25, 0.3) is 21.8 Å². The van der Waals surface area contributed by atoms with Gasteiger partial charge in [-0.25, -0.2) is 0 Å². The lowest BCUT2D eigenvalue weighted by Gasteiger charge is -2.09. The molecule has 2 aromatic heterocycles. The normalized spacial score (nSPS) is 12.2. The zero-order valence-corrected chi connectivity index (χ0v) is 24.8. The average molecular weight is 573 g/mol. The number of amides is 2. The largest absolute Gasteiger partial charge is 0.493 e. The van der Waals surface area contributed by atoms with E-state index in [4.69, 9.17) is 0 Å². The standard InChI is InChI=1S/C32H40N6O4/c1-21(2)19-37-25-15-11-9-13-23(25)29(31(37)41)35-33-27(39)17-7-5-6-8-18-28(40)34-36-30-24-14-10-12-16-26(24)38(32(30)42)20-22(3)4/h9-16,21-22,41-42H,5-8,17-20H2,1-4H3. The molecule has 0 aliphatic rings. The summed E-state index contributed by atoms with van der Waals surface area (Å²) in [6, 6.07) is 15.1. The van der Waals surface area contributed by atoms with E-state index < -0.39 is 0 Å². The van der Waals surface area contributed by atoms with Crippen molar-refractivity contribution in [3.05, 3.63) is 48.5 Å². The Kier molecular flexibility index (Phi) is 10.2. The van der Waals surface area contributed by atoms with Gasteiger partial charge in [0.1, 0.15) is 0 Å². The van der Waals surface area contributed by atoms with Crippen molar-refractivity contribution in [1.82, 2.24) is 9.13 Å². The fourth-order valence-corrected chi connectivity index (χ4v) is 5.06. The van der Waals surface area contributed by atoms with Crippen molar-refractivity contribution in [2.75, 3.05) is 0 Å². The third kappa shape index (κ3) is 7.29. The van der Waals surface area contributed by atoms with Crippen molar-refractivity contribution < 1.29 is 19.8 Å². The number of unbranched alkanes of at least 4 members (excludes halogenated alkanes) is 3. The summed E-state index contributed by atoms with van der Waals surface area (Å²) in [6.07, 6.45) is 3.24. The molecule has 4 rings (SSSR count). The first-order valence-electron chi connectivity index (χ1n) is 14.7. The van der Waals surface area contributed by atoms with Crippen molar-refractivity contribution in [2.24, 2.45) is 32.3 Å². The molecular formula is C32H40N6O4. The molecule has 0 unspecified atom stereocenters. The highest BCUT2D eigenvalue weighted by atomic mass is 16.3. The molecule has 0 fully saturated rings. The van der Waals surface area contributed by atoms with Crippen molar-refractivity contribution in [1.29, 1.82) is 0 Å². The fourth-order valence-electron chi connectivity index (χ4n) is 5.06. The van der Waals surface area contributed by atoms with E-state index in [-0.39, 0.29) is 36.4 Å². The number of aromatic nitrogens is 2. The third-order valence-corrected chi connectivity index (χ3v) is 6.98. The van der Waals surface area contributed by atoms with Gasteiger partial charge >= 0.3 is 0 Å². The zero-order chi connectivity index (χ0) is 30.2. The number of azo groups is 2. The molecule has 0 spiro atoms. The van der Waals surface area contributed by atoms with Crippen molar-refractivity contribution in [2.45, 2.75) is 79.3 Å².